The van der Waals surface area contributed by atoms with Crippen LogP contribution in [0.25, 0.3) is 27.8 Å². The second-order valence-electron chi connectivity index (χ2n) is 7.02. The zero-order valence-electron chi connectivity index (χ0n) is 16.0. The first kappa shape index (κ1) is 20.4. The van der Waals surface area contributed by atoms with Gasteiger partial charge in [-0.25, -0.2) is 17.6 Å². The van der Waals surface area contributed by atoms with Crippen LogP contribution in [0.3, 0.4) is 0 Å². The van der Waals surface area contributed by atoms with Gasteiger partial charge in [0.15, 0.2) is 0 Å². The molecule has 0 aliphatic carbocycles. The number of hydrogen-bond acceptors (Lipinski definition) is 3. The number of benzene rings is 2. The van der Waals surface area contributed by atoms with Gasteiger partial charge in [0.05, 0.1) is 28.7 Å². The van der Waals surface area contributed by atoms with Crippen LogP contribution in [0.15, 0.2) is 64.1 Å². The molecule has 160 valence electrons. The van der Waals surface area contributed by atoms with E-state index >= 15 is 0 Å². The first-order chi connectivity index (χ1) is 15.3. The van der Waals surface area contributed by atoms with E-state index in [1.54, 1.807) is 0 Å². The van der Waals surface area contributed by atoms with Crippen LogP contribution in [0.2, 0.25) is 0 Å². The highest BCUT2D eigenvalue weighted by Gasteiger charge is 2.26. The topological polar surface area (TPSA) is 52.7 Å². The van der Waals surface area contributed by atoms with E-state index in [0.717, 1.165) is 22.9 Å². The Morgan fingerprint density at radius 2 is 1.69 bits per heavy atom. The molecule has 0 bridgehead atoms. The minimum Gasteiger partial charge on any atom is -0.338 e. The molecule has 0 atom stereocenters. The van der Waals surface area contributed by atoms with Gasteiger partial charge in [0, 0.05) is 16.9 Å². The molecule has 0 saturated carbocycles. The van der Waals surface area contributed by atoms with E-state index in [1.807, 2.05) is 0 Å². The third-order valence-corrected chi connectivity index (χ3v) is 5.48. The third-order valence-electron chi connectivity index (χ3n) is 5.05. The maximum absolute atomic E-state index is 14.9. The molecule has 2 aliphatic rings. The van der Waals surface area contributed by atoms with Gasteiger partial charge in [-0.15, -0.1) is 0 Å². The quantitative estimate of drug-likeness (QED) is 0.324. The predicted octanol–water partition coefficient (Wildman–Crippen LogP) is 5.05. The second kappa shape index (κ2) is 7.56. The Morgan fingerprint density at radius 1 is 0.938 bits per heavy atom. The summed E-state index contributed by atoms with van der Waals surface area (Å²) < 4.78 is 60.8. The van der Waals surface area contributed by atoms with Crippen LogP contribution in [-0.4, -0.2) is 19.3 Å². The summed E-state index contributed by atoms with van der Waals surface area (Å²) in [5.74, 6) is -3.00. The molecule has 2 aromatic carbocycles. The molecule has 0 fully saturated rings. The van der Waals surface area contributed by atoms with Gasteiger partial charge in [0.1, 0.15) is 34.7 Å². The second-order valence-corrected chi connectivity index (χ2v) is 7.94. The number of para-hydroxylation sites is 1. The molecule has 5 rings (SSSR count). The maximum atomic E-state index is 14.9. The van der Waals surface area contributed by atoms with Gasteiger partial charge in [-0.3, -0.25) is 9.78 Å². The van der Waals surface area contributed by atoms with Crippen molar-refractivity contribution in [1.29, 1.82) is 0 Å². The van der Waals surface area contributed by atoms with E-state index < -0.39 is 28.8 Å². The molecule has 0 radical (unpaired) electrons. The zero-order chi connectivity index (χ0) is 22.6. The van der Waals surface area contributed by atoms with Gasteiger partial charge in [-0.2, -0.15) is 9.78 Å². The van der Waals surface area contributed by atoms with Crippen LogP contribution < -0.4 is 5.56 Å². The van der Waals surface area contributed by atoms with Crippen LogP contribution in [0.1, 0.15) is 5.69 Å². The van der Waals surface area contributed by atoms with Gasteiger partial charge in [0.25, 0.3) is 5.56 Å². The average Bonchev–Trinajstić information content (AvgIpc) is 3.09. The predicted molar refractivity (Wildman–Crippen MR) is 113 cm³/mol. The Bertz CT molecular complexity index is 1550. The molecule has 3 heterocycles. The lowest BCUT2D eigenvalue weighted by molar-refractivity contribution is 0.580. The van der Waals surface area contributed by atoms with Crippen molar-refractivity contribution < 1.29 is 17.6 Å². The monoisotopic (exact) mass is 502 g/mol. The molecular weight excluding hydrogens is 492 g/mol. The Morgan fingerprint density at radius 3 is 2.44 bits per heavy atom. The summed E-state index contributed by atoms with van der Waals surface area (Å²) >= 11 is 3.11. The molecule has 2 aliphatic heterocycles. The minimum absolute atomic E-state index is 0.0449. The lowest BCUT2D eigenvalue weighted by atomic mass is 10.1. The highest BCUT2D eigenvalue weighted by Crippen LogP contribution is 2.32. The van der Waals surface area contributed by atoms with Crippen LogP contribution >= 0.6 is 15.9 Å². The molecular formula is C22H11BrF4N4O. The van der Waals surface area contributed by atoms with Crippen molar-refractivity contribution in [2.75, 3.05) is 0 Å². The fourth-order valence-corrected chi connectivity index (χ4v) is 3.92. The summed E-state index contributed by atoms with van der Waals surface area (Å²) in [7, 11) is 0. The van der Waals surface area contributed by atoms with Crippen molar-refractivity contribution in [2.24, 2.45) is 0 Å². The summed E-state index contributed by atoms with van der Waals surface area (Å²) in [5, 5.41) is 3.83. The van der Waals surface area contributed by atoms with Crippen LogP contribution in [0.4, 0.5) is 17.6 Å². The van der Waals surface area contributed by atoms with Crippen molar-refractivity contribution in [3.63, 3.8) is 0 Å². The molecule has 0 amide bonds. The standard InChI is InChI=1S/C22H11BrF4N4O/c23-11-7-16(27)17(28-8-11)10-30-9-12-20(19-14(25)5-6-15(26)21(19)30)29-31(22(12)32)18-4-2-1-3-13(18)24/h1-9H,10H2. The van der Waals surface area contributed by atoms with Gasteiger partial charge >= 0.3 is 0 Å². The Balaban J connectivity index is 1.84. The average molecular weight is 503 g/mol. The van der Waals surface area contributed by atoms with E-state index in [2.05, 4.69) is 26.0 Å². The Hall–Kier alpha value is -3.53. The molecule has 32 heavy (non-hydrogen) atoms. The first-order valence-corrected chi connectivity index (χ1v) is 10.1. The third kappa shape index (κ3) is 3.18. The molecule has 3 aromatic rings. The van der Waals surface area contributed by atoms with Crippen LogP contribution in [0, 0.1) is 23.3 Å². The number of aromatic nitrogens is 4. The lowest BCUT2D eigenvalue weighted by Crippen LogP contribution is -2.16. The van der Waals surface area contributed by atoms with Crippen molar-refractivity contribution in [2.45, 2.75) is 6.54 Å². The van der Waals surface area contributed by atoms with Crippen LogP contribution in [-0.2, 0) is 6.54 Å². The number of halogens is 5. The molecule has 10 heteroatoms. The molecule has 1 aromatic heterocycles. The smallest absolute Gasteiger partial charge is 0.282 e. The van der Waals surface area contributed by atoms with Crippen molar-refractivity contribution in [3.05, 3.63) is 98.6 Å². The fourth-order valence-electron chi connectivity index (χ4n) is 3.62. The van der Waals surface area contributed by atoms with E-state index in [4.69, 9.17) is 0 Å². The van der Waals surface area contributed by atoms with E-state index in [0.29, 0.717) is 4.47 Å². The minimum atomic E-state index is -0.830. The van der Waals surface area contributed by atoms with Crippen molar-refractivity contribution in [1.82, 2.24) is 19.3 Å². The maximum Gasteiger partial charge on any atom is 0.282 e. The summed E-state index contributed by atoms with van der Waals surface area (Å²) in [6.07, 6.45) is 2.61. The Kier molecular flexibility index (Phi) is 4.81. The Labute approximate surface area is 186 Å². The molecule has 0 N–H and O–H groups in total. The highest BCUT2D eigenvalue weighted by molar-refractivity contribution is 9.10. The summed E-state index contributed by atoms with van der Waals surface area (Å²) in [5.41, 5.74) is -1.34. The molecule has 0 unspecified atom stereocenters. The van der Waals surface area contributed by atoms with Gasteiger partial charge in [0.2, 0.25) is 0 Å². The van der Waals surface area contributed by atoms with Gasteiger partial charge < -0.3 is 4.57 Å². The summed E-state index contributed by atoms with van der Waals surface area (Å²) in [6.45, 7) is -0.282. The molecule has 0 saturated heterocycles. The number of hydrogen-bond donors (Lipinski definition) is 0. The molecule has 0 spiro atoms. The number of rotatable bonds is 3. The van der Waals surface area contributed by atoms with E-state index in [9.17, 15) is 22.4 Å². The van der Waals surface area contributed by atoms with E-state index in [1.165, 1.54) is 41.2 Å². The lowest BCUT2D eigenvalue weighted by Gasteiger charge is -2.15. The first-order valence-electron chi connectivity index (χ1n) is 9.30. The highest BCUT2D eigenvalue weighted by atomic mass is 79.9. The zero-order valence-corrected chi connectivity index (χ0v) is 17.6. The van der Waals surface area contributed by atoms with Gasteiger partial charge in [-0.1, -0.05) is 12.1 Å². The number of pyridine rings is 2. The van der Waals surface area contributed by atoms with E-state index in [-0.39, 0.29) is 40.1 Å². The van der Waals surface area contributed by atoms with Crippen molar-refractivity contribution in [3.8, 4) is 16.9 Å². The number of nitrogens with zero attached hydrogens (tertiary/aromatic N) is 4. The van der Waals surface area contributed by atoms with Crippen molar-refractivity contribution >= 4 is 26.8 Å². The normalized spacial score (nSPS) is 11.5. The van der Waals surface area contributed by atoms with Gasteiger partial charge in [-0.05, 0) is 46.3 Å². The SMILES string of the molecule is O=c1c2cn(Cc3ncc(Br)cc3F)c3c(F)ccc(F)c3c-2nn1-c1ccccc1F. The summed E-state index contributed by atoms with van der Waals surface area (Å²) in [4.78, 5) is 17.0. The number of fused-ring (bicyclic) bond motifs is 3. The summed E-state index contributed by atoms with van der Waals surface area (Å²) in [6, 6.07) is 8.49. The molecule has 5 nitrogen and oxygen atoms in total. The largest absolute Gasteiger partial charge is 0.338 e. The fraction of sp³-hybridized carbons (Fsp3) is 0.0455. The van der Waals surface area contributed by atoms with Crippen LogP contribution in [0.5, 0.6) is 0 Å².